The van der Waals surface area contributed by atoms with Crippen LogP contribution in [0.4, 0.5) is 0 Å². The van der Waals surface area contributed by atoms with Crippen LogP contribution >= 0.6 is 0 Å². The van der Waals surface area contributed by atoms with Crippen LogP contribution in [0.3, 0.4) is 0 Å². The molecule has 44 valence electrons. The Hall–Kier alpha value is -1.46. The third kappa shape index (κ3) is 4.54. The highest BCUT2D eigenvalue weighted by atomic mass is 15.5. The lowest BCUT2D eigenvalue weighted by atomic mass is 11.4. The lowest BCUT2D eigenvalue weighted by molar-refractivity contribution is 0.961. The highest BCUT2D eigenvalue weighted by Crippen LogP contribution is 1.71. The molecule has 0 aromatic heterocycles. The second-order valence-corrected chi connectivity index (χ2v) is 0.708. The van der Waals surface area contributed by atoms with E-state index in [-0.39, 0.29) is 0 Å². The minimum absolute atomic E-state index is 0.996. The smallest absolute Gasteiger partial charge is 0.110 e. The zero-order valence-corrected chi connectivity index (χ0v) is 4.10. The fourth-order valence-corrected chi connectivity index (χ4v) is 0.106. The molecule has 6 heteroatoms. The summed E-state index contributed by atoms with van der Waals surface area (Å²) in [6, 6.07) is 0. The van der Waals surface area contributed by atoms with Crippen LogP contribution in [0.15, 0.2) is 20.6 Å². The van der Waals surface area contributed by atoms with Gasteiger partial charge in [-0.05, 0) is 10.4 Å². The van der Waals surface area contributed by atoms with Gasteiger partial charge in [-0.2, -0.15) is 0 Å². The fraction of sp³-hybridized carbons (Fsp3) is 0. The summed E-state index contributed by atoms with van der Waals surface area (Å²) in [5.41, 5.74) is 9.56. The molecule has 0 rings (SSSR count). The first-order valence-electron chi connectivity index (χ1n) is 1.78. The Kier molecular flexibility index (Phi) is 4.53. The first-order valence-corrected chi connectivity index (χ1v) is 1.78. The van der Waals surface area contributed by atoms with Crippen LogP contribution in [-0.4, -0.2) is 12.7 Å². The number of nitrogens with two attached hydrogens (primary N) is 2. The van der Waals surface area contributed by atoms with Gasteiger partial charge in [0.1, 0.15) is 12.7 Å². The van der Waals surface area contributed by atoms with Gasteiger partial charge < -0.3 is 11.5 Å². The van der Waals surface area contributed by atoms with E-state index in [1.165, 1.54) is 0 Å². The number of nitrogens with zero attached hydrogens (tertiary/aromatic N) is 4. The molecule has 0 aliphatic rings. The van der Waals surface area contributed by atoms with Crippen molar-refractivity contribution in [1.29, 1.82) is 0 Å². The molecule has 0 fully saturated rings. The summed E-state index contributed by atoms with van der Waals surface area (Å²) < 4.78 is 0. The van der Waals surface area contributed by atoms with E-state index in [0.29, 0.717) is 0 Å². The molecule has 0 saturated heterocycles. The Balaban J connectivity index is 3.35. The predicted octanol–water partition coefficient (Wildman–Crippen LogP) is -0.757. The minimum atomic E-state index is 0.996. The molecular formula is C2H6N6. The summed E-state index contributed by atoms with van der Waals surface area (Å²) in [6.07, 6.45) is 1.99. The molecule has 8 heavy (non-hydrogen) atoms. The summed E-state index contributed by atoms with van der Waals surface area (Å²) in [5.74, 6) is 0. The quantitative estimate of drug-likeness (QED) is 0.213. The standard InChI is InChI=1S/C2H6N6/c3-1-5-7-8-6-2-4/h1-2H,(H2,3,5,8)(H2,4,6,7). The molecule has 0 radical (unpaired) electrons. The van der Waals surface area contributed by atoms with Gasteiger partial charge in [-0.1, -0.05) is 0 Å². The molecule has 0 heterocycles. The van der Waals surface area contributed by atoms with E-state index in [1.54, 1.807) is 0 Å². The van der Waals surface area contributed by atoms with Crippen LogP contribution in [0.5, 0.6) is 0 Å². The topological polar surface area (TPSA) is 101 Å². The molecule has 0 unspecified atom stereocenters. The third-order valence-electron chi connectivity index (χ3n) is 0.277. The maximum absolute atomic E-state index is 4.78. The van der Waals surface area contributed by atoms with Crippen molar-refractivity contribution < 1.29 is 0 Å². The summed E-state index contributed by atoms with van der Waals surface area (Å²) >= 11 is 0. The monoisotopic (exact) mass is 114 g/mol. The molecule has 0 bridgehead atoms. The zero-order valence-electron chi connectivity index (χ0n) is 4.10. The van der Waals surface area contributed by atoms with E-state index >= 15 is 0 Å². The molecule has 0 aromatic carbocycles. The van der Waals surface area contributed by atoms with Crippen molar-refractivity contribution in [3.8, 4) is 0 Å². The number of hydrogen-bond acceptors (Lipinski definition) is 2. The van der Waals surface area contributed by atoms with E-state index < -0.39 is 0 Å². The van der Waals surface area contributed by atoms with E-state index in [4.69, 9.17) is 11.5 Å². The third-order valence-corrected chi connectivity index (χ3v) is 0.277. The highest BCUT2D eigenvalue weighted by molar-refractivity contribution is 5.51. The van der Waals surface area contributed by atoms with Gasteiger partial charge in [-0.3, -0.25) is 0 Å². The normalized spacial score (nSPS) is 12.5. The fourth-order valence-electron chi connectivity index (χ4n) is 0.106. The van der Waals surface area contributed by atoms with Crippen LogP contribution in [0.2, 0.25) is 0 Å². The minimum Gasteiger partial charge on any atom is -0.388 e. The lowest BCUT2D eigenvalue weighted by Crippen LogP contribution is -1.86. The first-order chi connectivity index (χ1) is 3.91. The molecule has 4 N–H and O–H groups in total. The van der Waals surface area contributed by atoms with Crippen LogP contribution in [0, 0.1) is 0 Å². The van der Waals surface area contributed by atoms with Crippen molar-refractivity contribution in [1.82, 2.24) is 0 Å². The molecule has 0 atom stereocenters. The molecule has 0 aliphatic carbocycles. The van der Waals surface area contributed by atoms with E-state index in [0.717, 1.165) is 12.7 Å². The largest absolute Gasteiger partial charge is 0.388 e. The molecule has 0 aliphatic heterocycles. The average Bonchev–Trinajstić information content (AvgIpc) is 1.81. The Bertz CT molecular complexity index is 97.7. The molecule has 0 amide bonds. The summed E-state index contributed by atoms with van der Waals surface area (Å²) in [5, 5.41) is 12.4. The van der Waals surface area contributed by atoms with Crippen LogP contribution < -0.4 is 11.5 Å². The van der Waals surface area contributed by atoms with Crippen molar-refractivity contribution >= 4 is 12.7 Å². The molecule has 0 spiro atoms. The van der Waals surface area contributed by atoms with E-state index in [2.05, 4.69) is 20.6 Å². The van der Waals surface area contributed by atoms with Gasteiger partial charge >= 0.3 is 0 Å². The summed E-state index contributed by atoms with van der Waals surface area (Å²) in [7, 11) is 0. The molecule has 0 saturated carbocycles. The second-order valence-electron chi connectivity index (χ2n) is 0.708. The van der Waals surface area contributed by atoms with Gasteiger partial charge in [0.25, 0.3) is 0 Å². The van der Waals surface area contributed by atoms with Crippen LogP contribution in [0.1, 0.15) is 0 Å². The van der Waals surface area contributed by atoms with Crippen molar-refractivity contribution in [3.05, 3.63) is 0 Å². The van der Waals surface area contributed by atoms with Gasteiger partial charge in [0, 0.05) is 0 Å². The maximum Gasteiger partial charge on any atom is 0.110 e. The number of hydrogen-bond donors (Lipinski definition) is 2. The Morgan fingerprint density at radius 3 is 1.50 bits per heavy atom. The van der Waals surface area contributed by atoms with Crippen LogP contribution in [-0.2, 0) is 0 Å². The molecule has 0 aromatic rings. The van der Waals surface area contributed by atoms with Crippen molar-refractivity contribution in [3.63, 3.8) is 0 Å². The van der Waals surface area contributed by atoms with Crippen molar-refractivity contribution in [2.24, 2.45) is 32.1 Å². The highest BCUT2D eigenvalue weighted by Gasteiger charge is 1.56. The number of rotatable bonds is 2. The molecular weight excluding hydrogens is 108 g/mol. The SMILES string of the molecule is NC=N/N=N/N=CN. The zero-order chi connectivity index (χ0) is 6.24. The van der Waals surface area contributed by atoms with Gasteiger partial charge in [-0.25, -0.2) is 0 Å². The Labute approximate surface area is 46.0 Å². The van der Waals surface area contributed by atoms with E-state index in [9.17, 15) is 0 Å². The van der Waals surface area contributed by atoms with Gasteiger partial charge in [0.15, 0.2) is 0 Å². The van der Waals surface area contributed by atoms with Gasteiger partial charge in [0.05, 0.1) is 0 Å². The summed E-state index contributed by atoms with van der Waals surface area (Å²) in [4.78, 5) is 0. The lowest BCUT2D eigenvalue weighted by Gasteiger charge is -1.67. The Morgan fingerprint density at radius 1 is 0.875 bits per heavy atom. The maximum atomic E-state index is 4.78. The second kappa shape index (κ2) is 5.54. The Morgan fingerprint density at radius 2 is 1.25 bits per heavy atom. The van der Waals surface area contributed by atoms with Crippen molar-refractivity contribution in [2.45, 2.75) is 0 Å². The van der Waals surface area contributed by atoms with Gasteiger partial charge in [0.2, 0.25) is 0 Å². The summed E-state index contributed by atoms with van der Waals surface area (Å²) in [6.45, 7) is 0. The molecule has 6 nitrogen and oxygen atoms in total. The van der Waals surface area contributed by atoms with Crippen LogP contribution in [0.25, 0.3) is 0 Å². The van der Waals surface area contributed by atoms with E-state index in [1.807, 2.05) is 0 Å². The predicted molar refractivity (Wildman–Crippen MR) is 30.2 cm³/mol. The first kappa shape index (κ1) is 6.54. The average molecular weight is 114 g/mol. The van der Waals surface area contributed by atoms with Crippen molar-refractivity contribution in [2.75, 3.05) is 0 Å². The van der Waals surface area contributed by atoms with Gasteiger partial charge in [-0.15, -0.1) is 10.2 Å².